The van der Waals surface area contributed by atoms with Crippen LogP contribution in [0.5, 0.6) is 0 Å². The molecule has 5 amide bonds. The molecule has 3 aromatic rings. The lowest BCUT2D eigenvalue weighted by Gasteiger charge is -2.48. The van der Waals surface area contributed by atoms with E-state index in [9.17, 15) is 24.0 Å². The van der Waals surface area contributed by atoms with Crippen LogP contribution in [-0.4, -0.2) is 164 Å². The number of imide groups is 2. The topological polar surface area (TPSA) is 179 Å². The van der Waals surface area contributed by atoms with Gasteiger partial charge in [-0.2, -0.15) is 0 Å². The molecular weight excluding hydrogens is 899 g/mol. The largest absolute Gasteiger partial charge is 0.384 e. The van der Waals surface area contributed by atoms with Crippen molar-refractivity contribution in [1.82, 2.24) is 40.2 Å². The first-order chi connectivity index (χ1) is 33.5. The van der Waals surface area contributed by atoms with Gasteiger partial charge in [0.05, 0.1) is 17.8 Å². The summed E-state index contributed by atoms with van der Waals surface area (Å²) in [6.07, 6.45) is 9.13. The Labute approximate surface area is 411 Å². The predicted octanol–water partition coefficient (Wildman–Crippen LogP) is 4.62. The fourth-order valence-electron chi connectivity index (χ4n) is 10.1. The summed E-state index contributed by atoms with van der Waals surface area (Å²) in [6, 6.07) is 8.91. The maximum absolute atomic E-state index is 15.5. The fraction of sp³-hybridized carbons (Fsp3) is 0.588. The number of halogens is 2. The molecule has 6 heterocycles. The average Bonchev–Trinajstić information content (AvgIpc) is 3.85. The third-order valence-electron chi connectivity index (χ3n) is 14.5. The van der Waals surface area contributed by atoms with Crippen molar-refractivity contribution in [2.24, 2.45) is 5.41 Å². The number of hydrogen-bond acceptors (Lipinski definition) is 14. The van der Waals surface area contributed by atoms with Crippen molar-refractivity contribution in [3.63, 3.8) is 0 Å². The van der Waals surface area contributed by atoms with Crippen molar-refractivity contribution >= 4 is 53.0 Å². The van der Waals surface area contributed by atoms with Gasteiger partial charge in [0, 0.05) is 81.2 Å². The zero-order valence-electron chi connectivity index (χ0n) is 41.6. The van der Waals surface area contributed by atoms with E-state index in [0.717, 1.165) is 99.4 Å². The molecule has 5 aliphatic heterocycles. The lowest BCUT2D eigenvalue weighted by atomic mass is 9.82. The molecule has 17 nitrogen and oxygen atoms in total. The van der Waals surface area contributed by atoms with Crippen LogP contribution in [0.15, 0.2) is 42.7 Å². The molecule has 4 N–H and O–H groups in total. The first kappa shape index (κ1) is 52.0. The Morgan fingerprint density at radius 1 is 0.886 bits per heavy atom. The van der Waals surface area contributed by atoms with Crippen molar-refractivity contribution in [2.75, 3.05) is 113 Å². The van der Waals surface area contributed by atoms with Crippen LogP contribution >= 0.6 is 0 Å². The van der Waals surface area contributed by atoms with Crippen LogP contribution in [0.4, 0.5) is 31.8 Å². The second-order valence-electron chi connectivity index (χ2n) is 20.6. The Balaban J connectivity index is 0.000000224. The van der Waals surface area contributed by atoms with E-state index in [-0.39, 0.29) is 36.9 Å². The highest BCUT2D eigenvalue weighted by Crippen LogP contribution is 2.34. The van der Waals surface area contributed by atoms with E-state index in [1.807, 2.05) is 19.1 Å². The smallest absolute Gasteiger partial charge is 0.261 e. The molecule has 1 atom stereocenters. The Kier molecular flexibility index (Phi) is 17.4. The number of rotatable bonds is 16. The lowest BCUT2D eigenvalue weighted by molar-refractivity contribution is -0.139. The van der Waals surface area contributed by atoms with Gasteiger partial charge >= 0.3 is 0 Å². The number of aromatic nitrogens is 2. The third kappa shape index (κ3) is 13.5. The van der Waals surface area contributed by atoms with Crippen molar-refractivity contribution in [2.45, 2.75) is 96.7 Å². The number of nitrogens with zero attached hydrogens (tertiary/aromatic N) is 8. The van der Waals surface area contributed by atoms with Crippen LogP contribution in [0.1, 0.15) is 93.1 Å². The molecule has 5 fully saturated rings. The summed E-state index contributed by atoms with van der Waals surface area (Å²) in [5.74, 6) is -0.963. The Morgan fingerprint density at radius 3 is 2.33 bits per heavy atom. The highest BCUT2D eigenvalue weighted by Gasteiger charge is 2.42. The molecule has 0 radical (unpaired) electrons. The van der Waals surface area contributed by atoms with Gasteiger partial charge < -0.3 is 35.6 Å². The monoisotopic (exact) mass is 971 g/mol. The van der Waals surface area contributed by atoms with E-state index in [1.54, 1.807) is 23.4 Å². The maximum atomic E-state index is 15.5. The number of hydrogen-bond donors (Lipinski definition) is 4. The van der Waals surface area contributed by atoms with Gasteiger partial charge in [0.15, 0.2) is 0 Å². The molecule has 8 rings (SSSR count). The number of likely N-dealkylation sites (tertiary alicyclic amines) is 2. The third-order valence-corrected chi connectivity index (χ3v) is 14.5. The molecule has 1 unspecified atom stereocenters. The summed E-state index contributed by atoms with van der Waals surface area (Å²) in [7, 11) is 4.12. The quantitative estimate of drug-likeness (QED) is 0.0888. The van der Waals surface area contributed by atoms with Crippen LogP contribution in [0, 0.1) is 24.0 Å². The number of anilines is 4. The highest BCUT2D eigenvalue weighted by atomic mass is 19.1. The van der Waals surface area contributed by atoms with E-state index in [1.165, 1.54) is 25.0 Å². The average molecular weight is 971 g/mol. The van der Waals surface area contributed by atoms with E-state index in [4.69, 9.17) is 0 Å². The first-order valence-corrected chi connectivity index (χ1v) is 24.9. The minimum absolute atomic E-state index is 0.0111. The van der Waals surface area contributed by atoms with Crippen molar-refractivity contribution < 1.29 is 32.8 Å². The molecular formula is C51H72F2N12O5. The van der Waals surface area contributed by atoms with Gasteiger partial charge in [0.2, 0.25) is 24.1 Å². The number of benzene rings is 2. The molecule has 0 bridgehead atoms. The van der Waals surface area contributed by atoms with Gasteiger partial charge in [-0.3, -0.25) is 39.1 Å². The van der Waals surface area contributed by atoms with Crippen LogP contribution in [0.3, 0.4) is 0 Å². The number of piperidine rings is 3. The first-order valence-electron chi connectivity index (χ1n) is 24.9. The second-order valence-corrected chi connectivity index (χ2v) is 20.6. The van der Waals surface area contributed by atoms with E-state index >= 15 is 8.78 Å². The van der Waals surface area contributed by atoms with Gasteiger partial charge in [-0.15, -0.1) is 0 Å². The number of carbonyl (C=O) groups excluding carboxylic acids is 5. The zero-order chi connectivity index (χ0) is 50.0. The molecule has 0 saturated carbocycles. The summed E-state index contributed by atoms with van der Waals surface area (Å²) < 4.78 is 30.7. The normalized spacial score (nSPS) is 20.4. The van der Waals surface area contributed by atoms with E-state index in [0.29, 0.717) is 62.0 Å². The van der Waals surface area contributed by atoms with Crippen LogP contribution in [-0.2, 0) is 25.7 Å². The second kappa shape index (κ2) is 23.4. The van der Waals surface area contributed by atoms with E-state index in [2.05, 4.69) is 78.8 Å². The lowest BCUT2D eigenvalue weighted by Crippen LogP contribution is -2.66. The number of piperazine rings is 1. The minimum Gasteiger partial charge on any atom is -0.384 e. The number of carbonyl (C=O) groups is 5. The van der Waals surface area contributed by atoms with Gasteiger partial charge in [-0.1, -0.05) is 19.9 Å². The van der Waals surface area contributed by atoms with Gasteiger partial charge in [0.25, 0.3) is 5.91 Å². The van der Waals surface area contributed by atoms with Crippen LogP contribution < -0.4 is 31.1 Å². The molecule has 1 spiro atoms. The zero-order valence-corrected chi connectivity index (χ0v) is 41.6. The molecule has 2 aromatic carbocycles. The molecule has 70 heavy (non-hydrogen) atoms. The number of amides is 5. The summed E-state index contributed by atoms with van der Waals surface area (Å²) in [5, 5.41) is 12.1. The molecule has 5 saturated heterocycles. The fourth-order valence-corrected chi connectivity index (χ4v) is 10.1. The molecule has 380 valence electrons. The Bertz CT molecular complexity index is 2330. The summed E-state index contributed by atoms with van der Waals surface area (Å²) in [6.45, 7) is 16.1. The molecule has 19 heteroatoms. The summed E-state index contributed by atoms with van der Waals surface area (Å²) >= 11 is 0. The molecule has 0 aliphatic carbocycles. The van der Waals surface area contributed by atoms with Gasteiger partial charge in [0.1, 0.15) is 35.6 Å². The molecule has 5 aliphatic rings. The maximum Gasteiger partial charge on any atom is 0.261 e. The Hall–Kier alpha value is -5.79. The SMILES string of the molecule is CN(C)CCCNc1cc(N2CCC3(CC2)CN(c2cc(F)c(CN4CCC(C)(C)CC4)cc2F)CC(=O)N3)ncn1.Cc1c(NCCN2CCCC2)cccc1C(=O)N(C=O)C1CCC(=O)NC1=O. The summed E-state index contributed by atoms with van der Waals surface area (Å²) in [5.41, 5.74) is 2.25. The van der Waals surface area contributed by atoms with Crippen molar-refractivity contribution in [3.05, 3.63) is 71.1 Å². The van der Waals surface area contributed by atoms with E-state index < -0.39 is 35.0 Å². The minimum atomic E-state index is -0.964. The standard InChI is InChI=1S/C31H46F2N8O.C20H26N4O4/c1-30(2)6-12-39(13-7-30)19-23-16-25(33)26(17-24(23)32)41-20-29(42)37-31(21-41)8-14-40(15-9-31)28-18-27(35-22-36-28)34-10-5-11-38(3)4;1-14-15(5-4-6-16(14)21-9-12-23-10-2-3-11-23)20(28)24(13-25)17-7-8-18(26)22-19(17)27/h16-18,22H,5-15,19-21H2,1-4H3,(H,37,42)(H,34,35,36);4-6,13,17,21H,2-3,7-12H2,1H3,(H,22,26,27). The number of nitrogens with one attached hydrogen (secondary N) is 4. The predicted molar refractivity (Wildman–Crippen MR) is 267 cm³/mol. The highest BCUT2D eigenvalue weighted by molar-refractivity contribution is 6.08. The Morgan fingerprint density at radius 2 is 1.63 bits per heavy atom. The summed E-state index contributed by atoms with van der Waals surface area (Å²) in [4.78, 5) is 81.1. The van der Waals surface area contributed by atoms with Crippen LogP contribution in [0.2, 0.25) is 0 Å². The van der Waals surface area contributed by atoms with Crippen molar-refractivity contribution in [1.29, 1.82) is 0 Å². The van der Waals surface area contributed by atoms with Gasteiger partial charge in [-0.25, -0.2) is 18.7 Å². The van der Waals surface area contributed by atoms with Gasteiger partial charge in [-0.05, 0) is 134 Å². The molecule has 1 aromatic heterocycles. The van der Waals surface area contributed by atoms with Crippen molar-refractivity contribution in [3.8, 4) is 0 Å². The van der Waals surface area contributed by atoms with Crippen LogP contribution in [0.25, 0.3) is 0 Å².